The van der Waals surface area contributed by atoms with E-state index in [4.69, 9.17) is 18.9 Å². The van der Waals surface area contributed by atoms with Crippen molar-refractivity contribution in [3.63, 3.8) is 0 Å². The van der Waals surface area contributed by atoms with Crippen LogP contribution in [0, 0.1) is 0 Å². The lowest BCUT2D eigenvalue weighted by Crippen LogP contribution is -2.70. The highest BCUT2D eigenvalue weighted by atomic mass is 16.7. The third-order valence-corrected chi connectivity index (χ3v) is 16.3. The van der Waals surface area contributed by atoms with E-state index in [9.17, 15) is 51.1 Å². The van der Waals surface area contributed by atoms with Crippen LogP contribution >= 0.6 is 0 Å². The third kappa shape index (κ3) is 26.6. The minimum atomic E-state index is -1.53. The molecule has 77 heavy (non-hydrogen) atoms. The second-order valence-electron chi connectivity index (χ2n) is 23.1. The normalized spacial score (nSPS) is 31.1. The van der Waals surface area contributed by atoms with Gasteiger partial charge in [0.25, 0.3) is 0 Å². The van der Waals surface area contributed by atoms with Crippen LogP contribution < -0.4 is 26.6 Å². The minimum Gasteiger partial charge on any atom is -0.395 e. The summed E-state index contributed by atoms with van der Waals surface area (Å²) in [6, 6.07) is -3.96. The molecule has 2 heterocycles. The fraction of sp³-hybridized carbons (Fsp3) is 1.00. The molecule has 2 saturated heterocycles. The molecule has 2 aliphatic heterocycles. The van der Waals surface area contributed by atoms with E-state index in [1.807, 2.05) is 0 Å². The number of aliphatic hydroxyl groups excluding tert-OH is 10. The van der Waals surface area contributed by atoms with Gasteiger partial charge in [-0.05, 0) is 44.9 Å². The molecule has 5 unspecified atom stereocenters. The molecule has 19 heteroatoms. The molecule has 1 aliphatic carbocycles. The molecule has 0 radical (unpaired) electrons. The maximum atomic E-state index is 13.0. The molecule has 3 aliphatic rings. The van der Waals surface area contributed by atoms with Crippen LogP contribution in [-0.2, 0) is 18.9 Å². The third-order valence-electron chi connectivity index (χ3n) is 16.3. The van der Waals surface area contributed by atoms with Crippen LogP contribution in [0.1, 0.15) is 208 Å². The lowest BCUT2D eigenvalue weighted by Gasteiger charge is -2.51. The Morgan fingerprint density at radius 2 is 0.896 bits per heavy atom. The van der Waals surface area contributed by atoms with Crippen LogP contribution in [0.5, 0.6) is 0 Å². The topological polar surface area (TPSA) is 299 Å². The van der Waals surface area contributed by atoms with E-state index in [1.165, 1.54) is 0 Å². The molecule has 458 valence electrons. The fourth-order valence-corrected chi connectivity index (χ4v) is 11.4. The van der Waals surface area contributed by atoms with Gasteiger partial charge in [0.1, 0.15) is 36.6 Å². The van der Waals surface area contributed by atoms with Crippen molar-refractivity contribution < 1.29 is 70.0 Å². The number of ether oxygens (including phenoxy) is 4. The van der Waals surface area contributed by atoms with Gasteiger partial charge in [0.15, 0.2) is 12.6 Å². The number of hydrogen-bond donors (Lipinski definition) is 15. The Kier molecular flexibility index (Phi) is 38.6. The van der Waals surface area contributed by atoms with Gasteiger partial charge in [-0.25, -0.2) is 0 Å². The van der Waals surface area contributed by atoms with Crippen LogP contribution in [-0.4, -0.2) is 213 Å². The zero-order valence-corrected chi connectivity index (χ0v) is 48.6. The first-order chi connectivity index (χ1) is 37.3. The zero-order chi connectivity index (χ0) is 56.4. The SMILES string of the molecule is CCCCCCC(O)CNC[C@H]1O[C@H](O[C@H]2[C@H](O)[C@@H](O[C@H]3O[C@H](CO)[C@@H](O)[C@H](NC(CO)CCCCCC)[C@H]3O)[C@H](NC(CO)CCCCCC)C[C@@H]2NCC(O)CCCCCC)[C@H](NCC(O)CCCCCC)C[C@@H]1O. The predicted molar refractivity (Wildman–Crippen MR) is 301 cm³/mol. The maximum Gasteiger partial charge on any atom is 0.186 e. The summed E-state index contributed by atoms with van der Waals surface area (Å²) in [6.07, 6.45) is 9.30. The highest BCUT2D eigenvalue weighted by Gasteiger charge is 2.53. The summed E-state index contributed by atoms with van der Waals surface area (Å²) >= 11 is 0. The molecule has 1 saturated carbocycles. The Balaban J connectivity index is 2.06. The summed E-state index contributed by atoms with van der Waals surface area (Å²) in [5.41, 5.74) is 0. The van der Waals surface area contributed by atoms with Gasteiger partial charge in [0.2, 0.25) is 0 Å². The van der Waals surface area contributed by atoms with Crippen molar-refractivity contribution in [2.24, 2.45) is 0 Å². The summed E-state index contributed by atoms with van der Waals surface area (Å²) in [5, 5.41) is 130. The van der Waals surface area contributed by atoms with Crippen molar-refractivity contribution >= 4 is 0 Å². The first kappa shape index (κ1) is 70.5. The number of hydrogen-bond acceptors (Lipinski definition) is 19. The average Bonchev–Trinajstić information content (AvgIpc) is 3.42. The number of aliphatic hydroxyl groups is 10. The van der Waals surface area contributed by atoms with Crippen LogP contribution in [0.3, 0.4) is 0 Å². The van der Waals surface area contributed by atoms with Gasteiger partial charge in [-0.3, -0.25) is 0 Å². The molecule has 0 aromatic heterocycles. The minimum absolute atomic E-state index is 0.184. The predicted octanol–water partition coefficient (Wildman–Crippen LogP) is 3.52. The second-order valence-corrected chi connectivity index (χ2v) is 23.1. The van der Waals surface area contributed by atoms with Gasteiger partial charge in [0, 0.05) is 50.3 Å². The zero-order valence-electron chi connectivity index (χ0n) is 48.6. The van der Waals surface area contributed by atoms with Crippen molar-refractivity contribution in [2.45, 2.75) is 324 Å². The number of rotatable bonds is 46. The van der Waals surface area contributed by atoms with Gasteiger partial charge in [0.05, 0.1) is 62.4 Å². The van der Waals surface area contributed by atoms with Crippen molar-refractivity contribution in [2.75, 3.05) is 46.0 Å². The standard InChI is InChI=1S/C58H117N5O14/c1-6-11-16-21-26-40(37-64)62-46-31-45(60-34-43(68)29-24-19-14-9-4)55(54(73)56(46)77-58-53(72)51(52(71)50(39-66)75-58)63-41(38-65)27-22-17-12-7-2)76-57-47(61-35-44(69)30-25-20-15-10-5)32-48(70)49(74-57)36-59-33-42(67)28-23-18-13-8-3/h40-73H,6-39H2,1-5H3/t40?,41?,42?,43?,44?,45-,46+,47+,48-,49+,50+,51-,52+,53+,54-,55+,56-,57+,58+/m0/s1. The van der Waals surface area contributed by atoms with Crippen LogP contribution in [0.25, 0.3) is 0 Å². The highest BCUT2D eigenvalue weighted by Crippen LogP contribution is 2.34. The van der Waals surface area contributed by atoms with Crippen molar-refractivity contribution in [3.8, 4) is 0 Å². The summed E-state index contributed by atoms with van der Waals surface area (Å²) < 4.78 is 26.6. The number of unbranched alkanes of at least 4 members (excludes halogenated alkanes) is 15. The molecular formula is C58H117N5O14. The molecule has 0 bridgehead atoms. The smallest absolute Gasteiger partial charge is 0.186 e. The molecule has 3 fully saturated rings. The molecular weight excluding hydrogens is 991 g/mol. The van der Waals surface area contributed by atoms with Gasteiger partial charge >= 0.3 is 0 Å². The van der Waals surface area contributed by atoms with E-state index >= 15 is 0 Å². The van der Waals surface area contributed by atoms with E-state index in [0.717, 1.165) is 128 Å². The van der Waals surface area contributed by atoms with Crippen LogP contribution in [0.2, 0.25) is 0 Å². The summed E-state index contributed by atoms with van der Waals surface area (Å²) in [6.45, 7) is 10.5. The monoisotopic (exact) mass is 1110 g/mol. The lowest BCUT2D eigenvalue weighted by molar-refractivity contribution is -0.320. The lowest BCUT2D eigenvalue weighted by atomic mass is 9.82. The van der Waals surface area contributed by atoms with Crippen molar-refractivity contribution in [1.82, 2.24) is 26.6 Å². The largest absolute Gasteiger partial charge is 0.395 e. The highest BCUT2D eigenvalue weighted by molar-refractivity contribution is 5.05. The van der Waals surface area contributed by atoms with Gasteiger partial charge in [-0.15, -0.1) is 0 Å². The molecule has 0 spiro atoms. The van der Waals surface area contributed by atoms with Gasteiger partial charge in [-0.2, -0.15) is 0 Å². The molecule has 0 amide bonds. The number of nitrogens with one attached hydrogen (secondary N) is 5. The molecule has 0 aromatic carbocycles. The average molecular weight is 1110 g/mol. The molecule has 0 aromatic rings. The summed E-state index contributed by atoms with van der Waals surface area (Å²) in [7, 11) is 0. The van der Waals surface area contributed by atoms with E-state index in [1.54, 1.807) is 0 Å². The molecule has 15 N–H and O–H groups in total. The summed E-state index contributed by atoms with van der Waals surface area (Å²) in [4.78, 5) is 0. The molecule has 19 atom stereocenters. The Bertz CT molecular complexity index is 1410. The van der Waals surface area contributed by atoms with Crippen molar-refractivity contribution in [3.05, 3.63) is 0 Å². The maximum absolute atomic E-state index is 13.0. The van der Waals surface area contributed by atoms with Gasteiger partial charge in [-0.1, -0.05) is 163 Å². The first-order valence-electron chi connectivity index (χ1n) is 31.2. The summed E-state index contributed by atoms with van der Waals surface area (Å²) in [5.74, 6) is 0. The van der Waals surface area contributed by atoms with Crippen molar-refractivity contribution in [1.29, 1.82) is 0 Å². The van der Waals surface area contributed by atoms with E-state index in [-0.39, 0.29) is 45.7 Å². The first-order valence-corrected chi connectivity index (χ1v) is 31.2. The quantitative estimate of drug-likeness (QED) is 0.0388. The van der Waals surface area contributed by atoms with Gasteiger partial charge < -0.3 is 96.6 Å². The fourth-order valence-electron chi connectivity index (χ4n) is 11.4. The van der Waals surface area contributed by atoms with Crippen LogP contribution in [0.4, 0.5) is 0 Å². The Morgan fingerprint density at radius 3 is 1.39 bits per heavy atom. The Morgan fingerprint density at radius 1 is 0.455 bits per heavy atom. The van der Waals surface area contributed by atoms with E-state index in [2.05, 4.69) is 61.2 Å². The second kappa shape index (κ2) is 42.1. The van der Waals surface area contributed by atoms with Crippen LogP contribution in [0.15, 0.2) is 0 Å². The molecule has 19 nitrogen and oxygen atoms in total. The van der Waals surface area contributed by atoms with E-state index in [0.29, 0.717) is 38.6 Å². The Hall–Kier alpha value is -0.760. The van der Waals surface area contributed by atoms with E-state index < -0.39 is 123 Å². The Labute approximate surface area is 465 Å². The molecule has 3 rings (SSSR count).